The van der Waals surface area contributed by atoms with E-state index in [0.29, 0.717) is 11.6 Å². The predicted molar refractivity (Wildman–Crippen MR) is 74.3 cm³/mol. The fourth-order valence-electron chi connectivity index (χ4n) is 1.34. The Balaban J connectivity index is 0.00000128. The van der Waals surface area contributed by atoms with Gasteiger partial charge in [-0.15, -0.1) is 12.4 Å². The monoisotopic (exact) mass is 255 g/mol. The lowest BCUT2D eigenvalue weighted by molar-refractivity contribution is 1.14. The second-order valence-electron chi connectivity index (χ2n) is 3.33. The summed E-state index contributed by atoms with van der Waals surface area (Å²) >= 11 is 1.57. The SMILES string of the molecule is CCc1ccc(NC2=NC(=N)CS2)cc1.Cl. The van der Waals surface area contributed by atoms with Gasteiger partial charge < -0.3 is 5.32 Å². The highest BCUT2D eigenvalue weighted by atomic mass is 35.5. The molecule has 1 aliphatic heterocycles. The van der Waals surface area contributed by atoms with Gasteiger partial charge in [-0.2, -0.15) is 0 Å². The number of rotatable bonds is 2. The van der Waals surface area contributed by atoms with E-state index in [1.165, 1.54) is 5.56 Å². The maximum absolute atomic E-state index is 7.36. The summed E-state index contributed by atoms with van der Waals surface area (Å²) in [5, 5.41) is 11.4. The van der Waals surface area contributed by atoms with Crippen LogP contribution in [0.2, 0.25) is 0 Å². The minimum absolute atomic E-state index is 0. The number of halogens is 1. The van der Waals surface area contributed by atoms with E-state index < -0.39 is 0 Å². The number of thioether (sulfide) groups is 1. The van der Waals surface area contributed by atoms with Gasteiger partial charge >= 0.3 is 0 Å². The van der Waals surface area contributed by atoms with Crippen molar-refractivity contribution in [3.63, 3.8) is 0 Å². The van der Waals surface area contributed by atoms with Crippen LogP contribution in [0.25, 0.3) is 0 Å². The Morgan fingerprint density at radius 3 is 2.56 bits per heavy atom. The van der Waals surface area contributed by atoms with Gasteiger partial charge in [0, 0.05) is 5.69 Å². The van der Waals surface area contributed by atoms with Crippen molar-refractivity contribution in [1.82, 2.24) is 0 Å². The summed E-state index contributed by atoms with van der Waals surface area (Å²) in [5.41, 5.74) is 2.36. The third kappa shape index (κ3) is 3.25. The van der Waals surface area contributed by atoms with Crippen LogP contribution < -0.4 is 5.32 Å². The van der Waals surface area contributed by atoms with E-state index in [2.05, 4.69) is 29.4 Å². The van der Waals surface area contributed by atoms with Crippen molar-refractivity contribution in [2.75, 3.05) is 11.1 Å². The van der Waals surface area contributed by atoms with Gasteiger partial charge in [0.25, 0.3) is 0 Å². The van der Waals surface area contributed by atoms with E-state index in [1.807, 2.05) is 12.1 Å². The molecule has 0 fully saturated rings. The first-order valence-corrected chi connectivity index (χ1v) is 5.91. The molecule has 0 saturated heterocycles. The van der Waals surface area contributed by atoms with Gasteiger partial charge in [-0.05, 0) is 24.1 Å². The summed E-state index contributed by atoms with van der Waals surface area (Å²) in [7, 11) is 0. The van der Waals surface area contributed by atoms with Gasteiger partial charge in [-0.25, -0.2) is 4.99 Å². The zero-order chi connectivity index (χ0) is 10.7. The molecule has 0 unspecified atom stereocenters. The molecule has 1 aromatic carbocycles. The van der Waals surface area contributed by atoms with Crippen molar-refractivity contribution in [2.45, 2.75) is 13.3 Å². The molecule has 0 aliphatic carbocycles. The molecule has 2 rings (SSSR count). The van der Waals surface area contributed by atoms with Gasteiger partial charge in [-0.1, -0.05) is 30.8 Å². The minimum Gasteiger partial charge on any atom is -0.335 e. The first-order valence-electron chi connectivity index (χ1n) is 4.93. The molecule has 0 radical (unpaired) electrons. The summed E-state index contributed by atoms with van der Waals surface area (Å²) in [6.45, 7) is 2.14. The highest BCUT2D eigenvalue weighted by Crippen LogP contribution is 2.17. The number of aryl methyl sites for hydroxylation is 1. The topological polar surface area (TPSA) is 48.2 Å². The second kappa shape index (κ2) is 5.92. The number of nitrogens with zero attached hydrogens (tertiary/aromatic N) is 1. The van der Waals surface area contributed by atoms with Crippen LogP contribution in [-0.2, 0) is 6.42 Å². The Kier molecular flexibility index (Phi) is 4.83. The summed E-state index contributed by atoms with van der Waals surface area (Å²) in [4.78, 5) is 4.08. The molecule has 1 aromatic rings. The van der Waals surface area contributed by atoms with Crippen LogP contribution >= 0.6 is 24.2 Å². The predicted octanol–water partition coefficient (Wildman–Crippen LogP) is 3.16. The minimum atomic E-state index is 0. The Hall–Kier alpha value is -1.00. The molecule has 0 spiro atoms. The average Bonchev–Trinajstić information content (AvgIpc) is 2.65. The van der Waals surface area contributed by atoms with Crippen LogP contribution in [0.5, 0.6) is 0 Å². The van der Waals surface area contributed by atoms with Gasteiger partial charge in [0.2, 0.25) is 0 Å². The van der Waals surface area contributed by atoms with Crippen molar-refractivity contribution >= 4 is 40.9 Å². The molecule has 1 heterocycles. The van der Waals surface area contributed by atoms with E-state index in [1.54, 1.807) is 11.8 Å². The molecule has 16 heavy (non-hydrogen) atoms. The molecular formula is C11H14ClN3S. The maximum atomic E-state index is 7.36. The zero-order valence-electron chi connectivity index (χ0n) is 8.99. The fourth-order valence-corrected chi connectivity index (χ4v) is 2.04. The lowest BCUT2D eigenvalue weighted by atomic mass is 10.1. The van der Waals surface area contributed by atoms with Crippen LogP contribution in [0.4, 0.5) is 5.69 Å². The van der Waals surface area contributed by atoms with Crippen LogP contribution in [0, 0.1) is 5.41 Å². The Morgan fingerprint density at radius 1 is 1.38 bits per heavy atom. The zero-order valence-corrected chi connectivity index (χ0v) is 10.6. The van der Waals surface area contributed by atoms with Crippen molar-refractivity contribution in [1.29, 1.82) is 5.41 Å². The van der Waals surface area contributed by atoms with E-state index >= 15 is 0 Å². The maximum Gasteiger partial charge on any atom is 0.168 e. The summed E-state index contributed by atoms with van der Waals surface area (Å²) in [5.74, 6) is 1.11. The van der Waals surface area contributed by atoms with Crippen LogP contribution in [0.1, 0.15) is 12.5 Å². The number of hydrogen-bond acceptors (Lipinski definition) is 3. The van der Waals surface area contributed by atoms with E-state index in [0.717, 1.165) is 17.3 Å². The van der Waals surface area contributed by atoms with Crippen molar-refractivity contribution in [2.24, 2.45) is 4.99 Å². The van der Waals surface area contributed by atoms with Crippen molar-refractivity contribution in [3.8, 4) is 0 Å². The summed E-state index contributed by atoms with van der Waals surface area (Å²) in [6, 6.07) is 8.30. The molecule has 0 amide bonds. The van der Waals surface area contributed by atoms with Gasteiger partial charge in [0.05, 0.1) is 5.75 Å². The molecule has 0 atom stereocenters. The molecular weight excluding hydrogens is 242 g/mol. The number of benzene rings is 1. The molecule has 0 aromatic heterocycles. The molecule has 86 valence electrons. The van der Waals surface area contributed by atoms with Crippen molar-refractivity contribution < 1.29 is 0 Å². The molecule has 3 nitrogen and oxygen atoms in total. The largest absolute Gasteiger partial charge is 0.335 e. The molecule has 0 saturated carbocycles. The summed E-state index contributed by atoms with van der Waals surface area (Å²) < 4.78 is 0. The quantitative estimate of drug-likeness (QED) is 0.853. The smallest absolute Gasteiger partial charge is 0.168 e. The van der Waals surface area contributed by atoms with Gasteiger partial charge in [-0.3, -0.25) is 5.41 Å². The first-order chi connectivity index (χ1) is 7.28. The number of aliphatic imine (C=N–C) groups is 1. The highest BCUT2D eigenvalue weighted by Gasteiger charge is 2.11. The fraction of sp³-hybridized carbons (Fsp3) is 0.273. The second-order valence-corrected chi connectivity index (χ2v) is 4.29. The highest BCUT2D eigenvalue weighted by molar-refractivity contribution is 8.15. The molecule has 2 N–H and O–H groups in total. The van der Waals surface area contributed by atoms with Gasteiger partial charge in [0.15, 0.2) is 5.17 Å². The van der Waals surface area contributed by atoms with Crippen LogP contribution in [0.15, 0.2) is 29.3 Å². The number of nitrogens with one attached hydrogen (secondary N) is 2. The third-order valence-corrected chi connectivity index (χ3v) is 3.08. The number of hydrogen-bond donors (Lipinski definition) is 2. The van der Waals surface area contributed by atoms with E-state index in [9.17, 15) is 0 Å². The average molecular weight is 256 g/mol. The Morgan fingerprint density at radius 2 is 2.06 bits per heavy atom. The number of amidine groups is 2. The molecule has 5 heteroatoms. The van der Waals surface area contributed by atoms with Crippen molar-refractivity contribution in [3.05, 3.63) is 29.8 Å². The van der Waals surface area contributed by atoms with Crippen LogP contribution in [0.3, 0.4) is 0 Å². The van der Waals surface area contributed by atoms with Gasteiger partial charge in [0.1, 0.15) is 5.84 Å². The first kappa shape index (κ1) is 13.1. The summed E-state index contributed by atoms with van der Waals surface area (Å²) in [6.07, 6.45) is 1.06. The lowest BCUT2D eigenvalue weighted by Crippen LogP contribution is -2.04. The van der Waals surface area contributed by atoms with E-state index in [-0.39, 0.29) is 12.4 Å². The Labute approximate surface area is 106 Å². The molecule has 1 aliphatic rings. The number of anilines is 1. The lowest BCUT2D eigenvalue weighted by Gasteiger charge is -2.04. The molecule has 0 bridgehead atoms. The third-order valence-electron chi connectivity index (χ3n) is 2.20. The standard InChI is InChI=1S/C11H13N3S.ClH/c1-2-8-3-5-9(6-4-8)13-11-14-10(12)7-15-11;/h3-6H,2,7H2,1H3,(H2,12,13,14);1H. The normalized spacial score (nSPS) is 14.3. The van der Waals surface area contributed by atoms with Crippen LogP contribution in [-0.4, -0.2) is 16.8 Å². The van der Waals surface area contributed by atoms with E-state index in [4.69, 9.17) is 5.41 Å². The Bertz CT molecular complexity index is 400.